The van der Waals surface area contributed by atoms with Gasteiger partial charge in [-0.05, 0) is 43.0 Å². The van der Waals surface area contributed by atoms with Gasteiger partial charge in [-0.1, -0.05) is 48.6 Å². The van der Waals surface area contributed by atoms with Crippen LogP contribution < -0.4 is 4.90 Å². The van der Waals surface area contributed by atoms with Gasteiger partial charge in [-0.3, -0.25) is 4.90 Å². The molecular weight excluding hydrogens is 332 g/mol. The van der Waals surface area contributed by atoms with Crippen molar-refractivity contribution in [2.24, 2.45) is 0 Å². The predicted molar refractivity (Wildman–Crippen MR) is 115 cm³/mol. The first-order chi connectivity index (χ1) is 13.2. The average molecular weight is 363 g/mol. The van der Waals surface area contributed by atoms with Crippen molar-refractivity contribution in [3.8, 4) is 0 Å². The molecule has 1 heterocycles. The lowest BCUT2D eigenvalue weighted by Crippen LogP contribution is -2.35. The SMILES string of the molecule is C=CCN(CC=C)CCOC(C)N1c2ccccc2CCc2ccccc21. The molecule has 0 amide bonds. The molecule has 0 radical (unpaired) electrons. The third kappa shape index (κ3) is 4.68. The van der Waals surface area contributed by atoms with Crippen molar-refractivity contribution in [3.05, 3.63) is 85.0 Å². The van der Waals surface area contributed by atoms with Gasteiger partial charge in [-0.15, -0.1) is 13.2 Å². The number of benzene rings is 2. The van der Waals surface area contributed by atoms with E-state index in [1.165, 1.54) is 22.5 Å². The molecule has 0 aromatic heterocycles. The van der Waals surface area contributed by atoms with Crippen LogP contribution in [0.4, 0.5) is 11.4 Å². The second-order valence-electron chi connectivity index (χ2n) is 6.93. The molecule has 3 rings (SSSR count). The van der Waals surface area contributed by atoms with Crippen molar-refractivity contribution in [1.82, 2.24) is 4.90 Å². The van der Waals surface area contributed by atoms with Gasteiger partial charge in [0.2, 0.25) is 0 Å². The van der Waals surface area contributed by atoms with Crippen LogP contribution in [0.15, 0.2) is 73.8 Å². The second kappa shape index (κ2) is 9.54. The lowest BCUT2D eigenvalue weighted by molar-refractivity contribution is 0.0560. The molecular formula is C24H30N2O. The highest BCUT2D eigenvalue weighted by atomic mass is 16.5. The summed E-state index contributed by atoms with van der Waals surface area (Å²) < 4.78 is 6.29. The maximum atomic E-state index is 6.29. The van der Waals surface area contributed by atoms with Crippen LogP contribution in [0, 0.1) is 0 Å². The Morgan fingerprint density at radius 2 is 1.48 bits per heavy atom. The van der Waals surface area contributed by atoms with E-state index < -0.39 is 0 Å². The largest absolute Gasteiger partial charge is 0.357 e. The van der Waals surface area contributed by atoms with Gasteiger partial charge in [0, 0.05) is 31.0 Å². The number of ether oxygens (including phenoxy) is 1. The maximum Gasteiger partial charge on any atom is 0.131 e. The normalized spacial score (nSPS) is 14.2. The first-order valence-electron chi connectivity index (χ1n) is 9.75. The Kier molecular flexibility index (Phi) is 6.86. The van der Waals surface area contributed by atoms with E-state index >= 15 is 0 Å². The summed E-state index contributed by atoms with van der Waals surface area (Å²) in [5, 5.41) is 0. The summed E-state index contributed by atoms with van der Waals surface area (Å²) in [6, 6.07) is 17.4. The average Bonchev–Trinajstić information content (AvgIpc) is 2.85. The highest BCUT2D eigenvalue weighted by Gasteiger charge is 2.24. The van der Waals surface area contributed by atoms with Crippen LogP contribution in [0.1, 0.15) is 18.1 Å². The highest BCUT2D eigenvalue weighted by Crippen LogP contribution is 2.37. The van der Waals surface area contributed by atoms with Crippen LogP contribution in [0.2, 0.25) is 0 Å². The van der Waals surface area contributed by atoms with Crippen molar-refractivity contribution in [2.75, 3.05) is 31.1 Å². The fraction of sp³-hybridized carbons (Fsp3) is 0.333. The van der Waals surface area contributed by atoms with E-state index in [1.807, 2.05) is 12.2 Å². The van der Waals surface area contributed by atoms with Gasteiger partial charge in [0.1, 0.15) is 6.23 Å². The Morgan fingerprint density at radius 1 is 0.963 bits per heavy atom. The zero-order chi connectivity index (χ0) is 19.1. The molecule has 0 saturated carbocycles. The first kappa shape index (κ1) is 19.4. The Bertz CT molecular complexity index is 713. The van der Waals surface area contributed by atoms with Crippen LogP contribution in [0.3, 0.4) is 0 Å². The molecule has 1 aliphatic rings. The summed E-state index contributed by atoms with van der Waals surface area (Å²) in [7, 11) is 0. The summed E-state index contributed by atoms with van der Waals surface area (Å²) in [5.74, 6) is 0. The molecule has 0 N–H and O–H groups in total. The molecule has 142 valence electrons. The number of hydrogen-bond acceptors (Lipinski definition) is 3. The fourth-order valence-electron chi connectivity index (χ4n) is 3.75. The molecule has 0 fully saturated rings. The van der Waals surface area contributed by atoms with Crippen LogP contribution in [-0.2, 0) is 17.6 Å². The third-order valence-electron chi connectivity index (χ3n) is 5.07. The number of nitrogens with zero attached hydrogens (tertiary/aromatic N) is 2. The lowest BCUT2D eigenvalue weighted by Gasteiger charge is -2.33. The number of hydrogen-bond donors (Lipinski definition) is 0. The standard InChI is InChI=1S/C24H30N2O/c1-4-16-25(17-5-2)18-19-27-20(3)26-23-12-8-6-10-21(23)14-15-22-11-7-9-13-24(22)26/h4-13,20H,1-2,14-19H2,3H3. The molecule has 0 spiro atoms. The van der Waals surface area contributed by atoms with E-state index in [4.69, 9.17) is 4.74 Å². The zero-order valence-electron chi connectivity index (χ0n) is 16.3. The molecule has 0 aliphatic carbocycles. The summed E-state index contributed by atoms with van der Waals surface area (Å²) in [6.45, 7) is 13.0. The summed E-state index contributed by atoms with van der Waals surface area (Å²) >= 11 is 0. The molecule has 3 heteroatoms. The highest BCUT2D eigenvalue weighted by molar-refractivity contribution is 5.71. The summed E-state index contributed by atoms with van der Waals surface area (Å²) in [5.41, 5.74) is 5.26. The topological polar surface area (TPSA) is 15.7 Å². The monoisotopic (exact) mass is 362 g/mol. The van der Waals surface area contributed by atoms with Gasteiger partial charge in [0.05, 0.1) is 6.61 Å². The Morgan fingerprint density at radius 3 is 2.00 bits per heavy atom. The minimum Gasteiger partial charge on any atom is -0.357 e. The van der Waals surface area contributed by atoms with E-state index in [9.17, 15) is 0 Å². The van der Waals surface area contributed by atoms with E-state index in [-0.39, 0.29) is 6.23 Å². The summed E-state index contributed by atoms with van der Waals surface area (Å²) in [6.07, 6.45) is 5.92. The van der Waals surface area contributed by atoms with Crippen LogP contribution in [0.25, 0.3) is 0 Å². The number of fused-ring (bicyclic) bond motifs is 2. The van der Waals surface area contributed by atoms with Gasteiger partial charge in [0.25, 0.3) is 0 Å². The van der Waals surface area contributed by atoms with Gasteiger partial charge in [0.15, 0.2) is 0 Å². The van der Waals surface area contributed by atoms with Gasteiger partial charge in [-0.2, -0.15) is 0 Å². The number of rotatable bonds is 9. The Hall–Kier alpha value is -2.36. The van der Waals surface area contributed by atoms with Crippen molar-refractivity contribution in [3.63, 3.8) is 0 Å². The van der Waals surface area contributed by atoms with Gasteiger partial charge in [-0.25, -0.2) is 0 Å². The molecule has 0 bridgehead atoms. The zero-order valence-corrected chi connectivity index (χ0v) is 16.3. The molecule has 3 nitrogen and oxygen atoms in total. The molecule has 2 aromatic carbocycles. The first-order valence-corrected chi connectivity index (χ1v) is 9.75. The predicted octanol–water partition coefficient (Wildman–Crippen LogP) is 4.96. The fourth-order valence-corrected chi connectivity index (χ4v) is 3.75. The smallest absolute Gasteiger partial charge is 0.131 e. The lowest BCUT2D eigenvalue weighted by atomic mass is 10.0. The van der Waals surface area contributed by atoms with E-state index in [1.54, 1.807) is 0 Å². The number of para-hydroxylation sites is 2. The molecule has 0 saturated heterocycles. The van der Waals surface area contributed by atoms with E-state index in [0.717, 1.165) is 32.5 Å². The molecule has 27 heavy (non-hydrogen) atoms. The summed E-state index contributed by atoms with van der Waals surface area (Å²) in [4.78, 5) is 4.63. The van der Waals surface area contributed by atoms with E-state index in [2.05, 4.69) is 78.4 Å². The molecule has 1 atom stereocenters. The van der Waals surface area contributed by atoms with Crippen LogP contribution >= 0.6 is 0 Å². The maximum absolute atomic E-state index is 6.29. The minimum absolute atomic E-state index is 0.0419. The number of aryl methyl sites for hydroxylation is 2. The van der Waals surface area contributed by atoms with Gasteiger partial charge >= 0.3 is 0 Å². The molecule has 2 aromatic rings. The van der Waals surface area contributed by atoms with Crippen molar-refractivity contribution >= 4 is 11.4 Å². The van der Waals surface area contributed by atoms with Crippen molar-refractivity contribution < 1.29 is 4.74 Å². The number of anilines is 2. The minimum atomic E-state index is -0.0419. The van der Waals surface area contributed by atoms with Crippen LogP contribution in [0.5, 0.6) is 0 Å². The second-order valence-corrected chi connectivity index (χ2v) is 6.93. The third-order valence-corrected chi connectivity index (χ3v) is 5.07. The van der Waals surface area contributed by atoms with E-state index in [0.29, 0.717) is 6.61 Å². The molecule has 1 aliphatic heterocycles. The van der Waals surface area contributed by atoms with Crippen LogP contribution in [-0.4, -0.2) is 37.4 Å². The quantitative estimate of drug-likeness (QED) is 0.586. The Labute approximate surface area is 163 Å². The van der Waals surface area contributed by atoms with Gasteiger partial charge < -0.3 is 9.64 Å². The molecule has 1 unspecified atom stereocenters. The van der Waals surface area contributed by atoms with Crippen molar-refractivity contribution in [2.45, 2.75) is 26.0 Å². The Balaban J connectivity index is 1.78. The van der Waals surface area contributed by atoms with Crippen molar-refractivity contribution in [1.29, 1.82) is 0 Å².